The summed E-state index contributed by atoms with van der Waals surface area (Å²) in [6, 6.07) is 18.5. The quantitative estimate of drug-likeness (QED) is 0.689. The van der Waals surface area contributed by atoms with Gasteiger partial charge in [0.15, 0.2) is 6.10 Å². The van der Waals surface area contributed by atoms with Crippen LogP contribution in [-0.4, -0.2) is 22.3 Å². The molecule has 2 heterocycles. The second kappa shape index (κ2) is 7.15. The van der Waals surface area contributed by atoms with Crippen molar-refractivity contribution in [1.82, 2.24) is 9.55 Å². The number of hydrogen-bond acceptors (Lipinski definition) is 4. The van der Waals surface area contributed by atoms with Crippen molar-refractivity contribution < 1.29 is 9.47 Å². The number of nitrogens with zero attached hydrogens (tertiary/aromatic N) is 2. The van der Waals surface area contributed by atoms with Crippen LogP contribution in [0.5, 0.6) is 11.8 Å². The van der Waals surface area contributed by atoms with Gasteiger partial charge >= 0.3 is 0 Å². The van der Waals surface area contributed by atoms with Crippen LogP contribution >= 0.6 is 0 Å². The van der Waals surface area contributed by atoms with Gasteiger partial charge in [-0.15, -0.1) is 0 Å². The van der Waals surface area contributed by atoms with Crippen LogP contribution in [0.2, 0.25) is 0 Å². The summed E-state index contributed by atoms with van der Waals surface area (Å²) >= 11 is 0. The second-order valence-corrected chi connectivity index (χ2v) is 8.11. The Morgan fingerprint density at radius 1 is 1.11 bits per heavy atom. The van der Waals surface area contributed by atoms with Gasteiger partial charge in [-0.2, -0.15) is 4.98 Å². The summed E-state index contributed by atoms with van der Waals surface area (Å²) in [6.45, 7) is 7.69. The fraction of sp³-hybridized carbons (Fsp3) is 0.304. The molecule has 28 heavy (non-hydrogen) atoms. The molecule has 3 aromatic rings. The van der Waals surface area contributed by atoms with Crippen LogP contribution in [0, 0.1) is 0 Å². The van der Waals surface area contributed by atoms with E-state index in [0.717, 1.165) is 11.3 Å². The Hall–Kier alpha value is -3.08. The third-order valence-electron chi connectivity index (χ3n) is 4.87. The molecule has 0 amide bonds. The topological polar surface area (TPSA) is 53.4 Å². The predicted octanol–water partition coefficient (Wildman–Crippen LogP) is 4.05. The molecule has 1 unspecified atom stereocenters. The molecule has 5 nitrogen and oxygen atoms in total. The van der Waals surface area contributed by atoms with Gasteiger partial charge in [0, 0.05) is 12.3 Å². The molecular formula is C23H24N2O3. The van der Waals surface area contributed by atoms with Crippen molar-refractivity contribution in [2.45, 2.75) is 38.8 Å². The van der Waals surface area contributed by atoms with Crippen LogP contribution in [0.4, 0.5) is 0 Å². The van der Waals surface area contributed by atoms with E-state index in [1.165, 1.54) is 17.2 Å². The summed E-state index contributed by atoms with van der Waals surface area (Å²) in [6.07, 6.45) is 1.54. The molecule has 0 saturated heterocycles. The van der Waals surface area contributed by atoms with Crippen molar-refractivity contribution >= 4 is 0 Å². The van der Waals surface area contributed by atoms with Crippen molar-refractivity contribution in [3.63, 3.8) is 0 Å². The number of rotatable bonds is 4. The van der Waals surface area contributed by atoms with Gasteiger partial charge in [0.1, 0.15) is 12.4 Å². The van der Waals surface area contributed by atoms with Gasteiger partial charge in [-0.05, 0) is 34.2 Å². The Kier molecular flexibility index (Phi) is 4.67. The number of ether oxygens (including phenoxy) is 2. The van der Waals surface area contributed by atoms with E-state index in [1.807, 2.05) is 16.7 Å². The fourth-order valence-electron chi connectivity index (χ4n) is 3.24. The zero-order valence-corrected chi connectivity index (χ0v) is 16.4. The highest BCUT2D eigenvalue weighted by Gasteiger charge is 2.23. The average molecular weight is 376 g/mol. The highest BCUT2D eigenvalue weighted by Crippen LogP contribution is 2.28. The van der Waals surface area contributed by atoms with Crippen LogP contribution in [-0.2, 0) is 12.0 Å². The first kappa shape index (κ1) is 18.3. The predicted molar refractivity (Wildman–Crippen MR) is 109 cm³/mol. The van der Waals surface area contributed by atoms with Gasteiger partial charge in [0.2, 0.25) is 0 Å². The standard InChI is InChI=1S/C23H24N2O3/c1-23(2,3)18-6-4-5-17(13-18)16-7-9-19(10-8-16)27-15-20-14-25-12-11-21(26)24-22(25)28-20/h4-13,20H,14-15H2,1-3H3. The highest BCUT2D eigenvalue weighted by atomic mass is 16.6. The van der Waals surface area contributed by atoms with E-state index >= 15 is 0 Å². The van der Waals surface area contributed by atoms with Crippen LogP contribution in [0.3, 0.4) is 0 Å². The summed E-state index contributed by atoms with van der Waals surface area (Å²) in [5.41, 5.74) is 3.50. The number of fused-ring (bicyclic) bond motifs is 1. The van der Waals surface area contributed by atoms with Gasteiger partial charge in [-0.3, -0.25) is 9.36 Å². The first-order valence-corrected chi connectivity index (χ1v) is 9.46. The zero-order chi connectivity index (χ0) is 19.7. The number of benzene rings is 2. The lowest BCUT2D eigenvalue weighted by Crippen LogP contribution is -2.23. The Morgan fingerprint density at radius 3 is 2.64 bits per heavy atom. The molecule has 0 aliphatic carbocycles. The zero-order valence-electron chi connectivity index (χ0n) is 16.4. The van der Waals surface area contributed by atoms with E-state index in [1.54, 1.807) is 6.20 Å². The van der Waals surface area contributed by atoms with E-state index in [0.29, 0.717) is 19.2 Å². The maximum Gasteiger partial charge on any atom is 0.300 e. The lowest BCUT2D eigenvalue weighted by molar-refractivity contribution is 0.143. The molecule has 0 fully saturated rings. The summed E-state index contributed by atoms with van der Waals surface area (Å²) in [7, 11) is 0. The normalized spacial score (nSPS) is 15.8. The van der Waals surface area contributed by atoms with E-state index in [2.05, 4.69) is 62.2 Å². The van der Waals surface area contributed by atoms with Crippen molar-refractivity contribution in [3.05, 3.63) is 76.7 Å². The minimum atomic E-state index is -0.293. The average Bonchev–Trinajstić information content (AvgIpc) is 3.08. The largest absolute Gasteiger partial charge is 0.490 e. The van der Waals surface area contributed by atoms with Gasteiger partial charge < -0.3 is 9.47 Å². The van der Waals surface area contributed by atoms with E-state index in [9.17, 15) is 4.79 Å². The van der Waals surface area contributed by atoms with Gasteiger partial charge in [0.05, 0.1) is 6.54 Å². The Labute approximate surface area is 164 Å². The maximum atomic E-state index is 11.3. The van der Waals surface area contributed by atoms with Gasteiger partial charge in [-0.25, -0.2) is 0 Å². The summed E-state index contributed by atoms with van der Waals surface area (Å²) in [5.74, 6) is 0.790. The smallest absolute Gasteiger partial charge is 0.300 e. The van der Waals surface area contributed by atoms with Crippen molar-refractivity contribution in [1.29, 1.82) is 0 Å². The Balaban J connectivity index is 1.40. The third-order valence-corrected chi connectivity index (χ3v) is 4.87. The number of aromatic nitrogens is 2. The molecule has 0 bridgehead atoms. The molecule has 1 aliphatic rings. The van der Waals surface area contributed by atoms with Crippen LogP contribution in [0.25, 0.3) is 11.1 Å². The minimum absolute atomic E-state index is 0.123. The van der Waals surface area contributed by atoms with Crippen molar-refractivity contribution in [2.75, 3.05) is 6.61 Å². The summed E-state index contributed by atoms with van der Waals surface area (Å²) in [5, 5.41) is 0. The lowest BCUT2D eigenvalue weighted by atomic mass is 9.85. The van der Waals surface area contributed by atoms with Crippen molar-refractivity contribution in [3.8, 4) is 22.9 Å². The summed E-state index contributed by atoms with van der Waals surface area (Å²) in [4.78, 5) is 15.2. The molecule has 0 radical (unpaired) electrons. The molecule has 1 atom stereocenters. The van der Waals surface area contributed by atoms with E-state index in [-0.39, 0.29) is 17.1 Å². The van der Waals surface area contributed by atoms with E-state index in [4.69, 9.17) is 9.47 Å². The Morgan fingerprint density at radius 2 is 1.89 bits per heavy atom. The maximum absolute atomic E-state index is 11.3. The second-order valence-electron chi connectivity index (χ2n) is 8.11. The fourth-order valence-corrected chi connectivity index (χ4v) is 3.24. The molecule has 144 valence electrons. The molecular weight excluding hydrogens is 352 g/mol. The third kappa shape index (κ3) is 3.93. The molecule has 0 saturated carbocycles. The molecule has 5 heteroatoms. The minimum Gasteiger partial charge on any atom is -0.490 e. The molecule has 0 spiro atoms. The van der Waals surface area contributed by atoms with Gasteiger partial charge in [0.25, 0.3) is 11.6 Å². The number of hydrogen-bond donors (Lipinski definition) is 0. The van der Waals surface area contributed by atoms with Gasteiger partial charge in [-0.1, -0.05) is 57.2 Å². The highest BCUT2D eigenvalue weighted by molar-refractivity contribution is 5.65. The molecule has 4 rings (SSSR count). The van der Waals surface area contributed by atoms with Crippen LogP contribution in [0.1, 0.15) is 26.3 Å². The Bertz CT molecular complexity index is 1030. The van der Waals surface area contributed by atoms with Crippen LogP contribution < -0.4 is 15.0 Å². The SMILES string of the molecule is CC(C)(C)c1cccc(-c2ccc(OCC3Cn4ccc(=O)nc4O3)cc2)c1. The molecule has 2 aromatic carbocycles. The van der Waals surface area contributed by atoms with Crippen LogP contribution in [0.15, 0.2) is 65.6 Å². The first-order valence-electron chi connectivity index (χ1n) is 9.46. The first-order chi connectivity index (χ1) is 13.4. The monoisotopic (exact) mass is 376 g/mol. The molecule has 1 aliphatic heterocycles. The van der Waals surface area contributed by atoms with Crippen molar-refractivity contribution in [2.24, 2.45) is 0 Å². The molecule has 0 N–H and O–H groups in total. The lowest BCUT2D eigenvalue weighted by Gasteiger charge is -2.20. The van der Waals surface area contributed by atoms with E-state index < -0.39 is 0 Å². The molecule has 1 aromatic heterocycles. The summed E-state index contributed by atoms with van der Waals surface area (Å²) < 4.78 is 13.4.